The number of nitrogens with zero attached hydrogens (tertiary/aromatic N) is 2. The van der Waals surface area contributed by atoms with Gasteiger partial charge in [-0.25, -0.2) is 9.97 Å². The fourth-order valence-corrected chi connectivity index (χ4v) is 3.01. The molecule has 6 heteroatoms. The van der Waals surface area contributed by atoms with E-state index in [9.17, 15) is 4.21 Å². The van der Waals surface area contributed by atoms with Crippen LogP contribution in [0, 0.1) is 5.92 Å². The molecule has 2 rings (SSSR count). The van der Waals surface area contributed by atoms with Crippen molar-refractivity contribution in [1.29, 1.82) is 0 Å². The van der Waals surface area contributed by atoms with E-state index >= 15 is 0 Å². The zero-order valence-corrected chi connectivity index (χ0v) is 10.6. The van der Waals surface area contributed by atoms with Gasteiger partial charge < -0.3 is 5.32 Å². The lowest BCUT2D eigenvalue weighted by Gasteiger charge is -2.21. The van der Waals surface area contributed by atoms with Crippen molar-refractivity contribution in [3.05, 3.63) is 18.5 Å². The molecule has 0 amide bonds. The maximum absolute atomic E-state index is 11.9. The predicted octanol–water partition coefficient (Wildman–Crippen LogP) is 1.01. The molecular formula is C10H16ClN3OS. The fraction of sp³-hybridized carbons (Fsp3) is 0.600. The van der Waals surface area contributed by atoms with Crippen LogP contribution in [0.5, 0.6) is 0 Å². The molecule has 2 heterocycles. The SMILES string of the molecule is Cl.O=S(CC1CCNCC1)c1ncccn1. The van der Waals surface area contributed by atoms with Crippen molar-refractivity contribution in [3.8, 4) is 0 Å². The van der Waals surface area contributed by atoms with Crippen LogP contribution in [-0.2, 0) is 10.8 Å². The number of rotatable bonds is 3. The summed E-state index contributed by atoms with van der Waals surface area (Å²) < 4.78 is 11.9. The van der Waals surface area contributed by atoms with E-state index in [2.05, 4.69) is 15.3 Å². The average molecular weight is 262 g/mol. The van der Waals surface area contributed by atoms with Gasteiger partial charge in [0.1, 0.15) is 0 Å². The maximum atomic E-state index is 11.9. The Labute approximate surface area is 104 Å². The second kappa shape index (κ2) is 6.93. The zero-order valence-electron chi connectivity index (χ0n) is 8.96. The molecule has 1 atom stereocenters. The Balaban J connectivity index is 0.00000128. The molecule has 90 valence electrons. The molecule has 4 nitrogen and oxygen atoms in total. The van der Waals surface area contributed by atoms with Crippen LogP contribution in [0.2, 0.25) is 0 Å². The molecule has 0 aliphatic carbocycles. The van der Waals surface area contributed by atoms with Crippen LogP contribution in [-0.4, -0.2) is 33.0 Å². The first-order valence-corrected chi connectivity index (χ1v) is 6.54. The van der Waals surface area contributed by atoms with E-state index in [1.165, 1.54) is 0 Å². The van der Waals surface area contributed by atoms with E-state index in [0.29, 0.717) is 16.8 Å². The summed E-state index contributed by atoms with van der Waals surface area (Å²) in [5.41, 5.74) is 0. The lowest BCUT2D eigenvalue weighted by Crippen LogP contribution is -2.30. The van der Waals surface area contributed by atoms with Gasteiger partial charge in [0.25, 0.3) is 0 Å². The van der Waals surface area contributed by atoms with E-state index in [-0.39, 0.29) is 12.4 Å². The molecule has 1 aliphatic heterocycles. The second-order valence-electron chi connectivity index (χ2n) is 3.74. The van der Waals surface area contributed by atoms with Gasteiger partial charge in [0.2, 0.25) is 5.16 Å². The van der Waals surface area contributed by atoms with E-state index in [0.717, 1.165) is 25.9 Å². The molecule has 1 unspecified atom stereocenters. The highest BCUT2D eigenvalue weighted by Crippen LogP contribution is 2.14. The first-order valence-electron chi connectivity index (χ1n) is 5.22. The Morgan fingerprint density at radius 2 is 1.94 bits per heavy atom. The molecule has 0 bridgehead atoms. The molecule has 0 radical (unpaired) electrons. The van der Waals surface area contributed by atoms with Gasteiger partial charge >= 0.3 is 0 Å². The number of hydrogen-bond donors (Lipinski definition) is 1. The standard InChI is InChI=1S/C10H15N3OS.ClH/c14-15(10-12-4-1-5-13-10)8-9-2-6-11-7-3-9;/h1,4-5,9,11H,2-3,6-8H2;1H. The Bertz CT molecular complexity index is 330. The highest BCUT2D eigenvalue weighted by molar-refractivity contribution is 7.84. The van der Waals surface area contributed by atoms with Crippen molar-refractivity contribution in [2.24, 2.45) is 5.92 Å². The van der Waals surface area contributed by atoms with Crippen LogP contribution in [0.3, 0.4) is 0 Å². The summed E-state index contributed by atoms with van der Waals surface area (Å²) >= 11 is 0. The largest absolute Gasteiger partial charge is 0.317 e. The van der Waals surface area contributed by atoms with Crippen LogP contribution in [0.4, 0.5) is 0 Å². The molecule has 0 saturated carbocycles. The summed E-state index contributed by atoms with van der Waals surface area (Å²) in [6.07, 6.45) is 5.50. The third kappa shape index (κ3) is 3.81. The highest BCUT2D eigenvalue weighted by atomic mass is 35.5. The van der Waals surface area contributed by atoms with Crippen molar-refractivity contribution in [3.63, 3.8) is 0 Å². The molecular weight excluding hydrogens is 246 g/mol. The van der Waals surface area contributed by atoms with Gasteiger partial charge in [0.15, 0.2) is 0 Å². The van der Waals surface area contributed by atoms with Gasteiger partial charge in [-0.05, 0) is 37.9 Å². The number of hydrogen-bond acceptors (Lipinski definition) is 4. The number of piperidine rings is 1. The van der Waals surface area contributed by atoms with Crippen LogP contribution in [0.25, 0.3) is 0 Å². The number of nitrogens with one attached hydrogen (secondary N) is 1. The van der Waals surface area contributed by atoms with Gasteiger partial charge in [-0.3, -0.25) is 4.21 Å². The molecule has 1 fully saturated rings. The lowest BCUT2D eigenvalue weighted by molar-refractivity contribution is 0.405. The van der Waals surface area contributed by atoms with Gasteiger partial charge in [0.05, 0.1) is 10.8 Å². The maximum Gasteiger partial charge on any atom is 0.218 e. The quantitative estimate of drug-likeness (QED) is 0.825. The average Bonchev–Trinajstić information content (AvgIpc) is 2.31. The zero-order chi connectivity index (χ0) is 10.5. The third-order valence-electron chi connectivity index (χ3n) is 2.59. The Hall–Kier alpha value is -0.520. The minimum atomic E-state index is -1.03. The minimum Gasteiger partial charge on any atom is -0.317 e. The lowest BCUT2D eigenvalue weighted by atomic mass is 10.0. The van der Waals surface area contributed by atoms with E-state index in [4.69, 9.17) is 0 Å². The second-order valence-corrected chi connectivity index (χ2v) is 5.13. The molecule has 1 aromatic heterocycles. The normalized spacial score (nSPS) is 18.8. The van der Waals surface area contributed by atoms with Gasteiger partial charge in [0, 0.05) is 18.1 Å². The Morgan fingerprint density at radius 1 is 1.31 bits per heavy atom. The Kier molecular flexibility index (Phi) is 5.87. The summed E-state index contributed by atoms with van der Waals surface area (Å²) in [7, 11) is -1.03. The smallest absolute Gasteiger partial charge is 0.218 e. The van der Waals surface area contributed by atoms with E-state index < -0.39 is 10.8 Å². The molecule has 1 aromatic rings. The first-order chi connectivity index (χ1) is 7.36. The number of aromatic nitrogens is 2. The molecule has 1 saturated heterocycles. The number of halogens is 1. The van der Waals surface area contributed by atoms with Crippen LogP contribution in [0.1, 0.15) is 12.8 Å². The highest BCUT2D eigenvalue weighted by Gasteiger charge is 2.17. The monoisotopic (exact) mass is 261 g/mol. The molecule has 16 heavy (non-hydrogen) atoms. The van der Waals surface area contributed by atoms with Crippen LogP contribution < -0.4 is 5.32 Å². The first kappa shape index (κ1) is 13.5. The molecule has 0 spiro atoms. The van der Waals surface area contributed by atoms with E-state index in [1.807, 2.05) is 0 Å². The van der Waals surface area contributed by atoms with Crippen molar-refractivity contribution < 1.29 is 4.21 Å². The van der Waals surface area contributed by atoms with Gasteiger partial charge in [-0.2, -0.15) is 0 Å². The molecule has 1 aliphatic rings. The van der Waals surface area contributed by atoms with Crippen molar-refractivity contribution >= 4 is 23.2 Å². The molecule has 1 N–H and O–H groups in total. The molecule has 0 aromatic carbocycles. The van der Waals surface area contributed by atoms with Crippen molar-refractivity contribution in [1.82, 2.24) is 15.3 Å². The van der Waals surface area contributed by atoms with Crippen molar-refractivity contribution in [2.75, 3.05) is 18.8 Å². The fourth-order valence-electron chi connectivity index (χ4n) is 1.74. The van der Waals surface area contributed by atoms with Gasteiger partial charge in [-0.15, -0.1) is 12.4 Å². The van der Waals surface area contributed by atoms with Gasteiger partial charge in [-0.1, -0.05) is 0 Å². The van der Waals surface area contributed by atoms with E-state index in [1.54, 1.807) is 18.5 Å². The van der Waals surface area contributed by atoms with Crippen LogP contribution in [0.15, 0.2) is 23.6 Å². The summed E-state index contributed by atoms with van der Waals surface area (Å²) in [5, 5.41) is 3.77. The summed E-state index contributed by atoms with van der Waals surface area (Å²) in [6, 6.07) is 1.74. The van der Waals surface area contributed by atoms with Crippen LogP contribution >= 0.6 is 12.4 Å². The summed E-state index contributed by atoms with van der Waals surface area (Å²) in [5.74, 6) is 1.25. The third-order valence-corrected chi connectivity index (χ3v) is 3.98. The Morgan fingerprint density at radius 3 is 2.56 bits per heavy atom. The van der Waals surface area contributed by atoms with Crippen molar-refractivity contribution in [2.45, 2.75) is 18.0 Å². The minimum absolute atomic E-state index is 0. The predicted molar refractivity (Wildman–Crippen MR) is 66.1 cm³/mol. The summed E-state index contributed by atoms with van der Waals surface area (Å²) in [4.78, 5) is 8.03. The topological polar surface area (TPSA) is 54.9 Å². The summed E-state index contributed by atoms with van der Waals surface area (Å²) in [6.45, 7) is 2.08.